The lowest BCUT2D eigenvalue weighted by Crippen LogP contribution is -2.24. The van der Waals surface area contributed by atoms with Crippen LogP contribution in [-0.2, 0) is 4.74 Å². The Bertz CT molecular complexity index is 394. The van der Waals surface area contributed by atoms with E-state index in [1.54, 1.807) is 7.11 Å². The molecular formula is C13H16O2. The van der Waals surface area contributed by atoms with Crippen LogP contribution >= 0.6 is 0 Å². The fraction of sp³-hybridized carbons (Fsp3) is 0.385. The molecule has 0 radical (unpaired) electrons. The van der Waals surface area contributed by atoms with Crippen LogP contribution in [-0.4, -0.2) is 13.4 Å². The molecule has 0 amide bonds. The van der Waals surface area contributed by atoms with Crippen LogP contribution in [0.25, 0.3) is 6.08 Å². The van der Waals surface area contributed by atoms with Gasteiger partial charge < -0.3 is 9.47 Å². The highest BCUT2D eigenvalue weighted by Gasteiger charge is 2.20. The van der Waals surface area contributed by atoms with E-state index < -0.39 is 0 Å². The summed E-state index contributed by atoms with van der Waals surface area (Å²) in [4.78, 5) is 0. The minimum absolute atomic E-state index is 0.217. The number of methoxy groups -OCH3 is 1. The van der Waals surface area contributed by atoms with Gasteiger partial charge in [-0.1, -0.05) is 18.6 Å². The highest BCUT2D eigenvalue weighted by Crippen LogP contribution is 2.31. The lowest BCUT2D eigenvalue weighted by Gasteiger charge is -2.25. The number of ether oxygens (including phenoxy) is 2. The first kappa shape index (κ1) is 10.2. The average Bonchev–Trinajstić information content (AvgIpc) is 2.27. The van der Waals surface area contributed by atoms with Crippen LogP contribution in [0.1, 0.15) is 24.5 Å². The van der Waals surface area contributed by atoms with Gasteiger partial charge in [0, 0.05) is 12.7 Å². The Hall–Kier alpha value is -1.28. The second-order valence-electron chi connectivity index (χ2n) is 3.80. The topological polar surface area (TPSA) is 18.5 Å². The number of aryl methyl sites for hydroxylation is 1. The Morgan fingerprint density at radius 2 is 2.20 bits per heavy atom. The number of rotatable bonds is 2. The smallest absolute Gasteiger partial charge is 0.222 e. The van der Waals surface area contributed by atoms with E-state index in [9.17, 15) is 0 Å². The zero-order valence-electron chi connectivity index (χ0n) is 9.41. The fourth-order valence-corrected chi connectivity index (χ4v) is 1.82. The molecule has 0 spiro atoms. The first-order valence-corrected chi connectivity index (χ1v) is 5.25. The van der Waals surface area contributed by atoms with E-state index in [0.29, 0.717) is 0 Å². The molecule has 0 bridgehead atoms. The van der Waals surface area contributed by atoms with E-state index in [1.165, 1.54) is 11.1 Å². The van der Waals surface area contributed by atoms with Crippen molar-refractivity contribution >= 4 is 6.08 Å². The van der Waals surface area contributed by atoms with Gasteiger partial charge in [-0.3, -0.25) is 0 Å². The van der Waals surface area contributed by atoms with Crippen LogP contribution in [0.3, 0.4) is 0 Å². The van der Waals surface area contributed by atoms with Crippen molar-refractivity contribution in [2.45, 2.75) is 26.6 Å². The molecule has 0 saturated heterocycles. The molecule has 0 aromatic heterocycles. The highest BCUT2D eigenvalue weighted by molar-refractivity contribution is 5.63. The first-order chi connectivity index (χ1) is 7.24. The van der Waals surface area contributed by atoms with Gasteiger partial charge in [0.25, 0.3) is 0 Å². The molecule has 1 unspecified atom stereocenters. The van der Waals surface area contributed by atoms with Gasteiger partial charge in [-0.2, -0.15) is 0 Å². The van der Waals surface area contributed by atoms with E-state index in [-0.39, 0.29) is 6.29 Å². The third-order valence-corrected chi connectivity index (χ3v) is 2.67. The number of hydrogen-bond acceptors (Lipinski definition) is 2. The summed E-state index contributed by atoms with van der Waals surface area (Å²) in [7, 11) is 1.67. The number of fused-ring (bicyclic) bond motifs is 1. The number of hydrogen-bond donors (Lipinski definition) is 0. The van der Waals surface area contributed by atoms with Crippen LogP contribution < -0.4 is 4.74 Å². The molecule has 1 atom stereocenters. The molecule has 1 aromatic rings. The predicted molar refractivity (Wildman–Crippen MR) is 60.9 cm³/mol. The summed E-state index contributed by atoms with van der Waals surface area (Å²) in [5.41, 5.74) is 3.59. The maximum Gasteiger partial charge on any atom is 0.222 e. The minimum Gasteiger partial charge on any atom is -0.460 e. The first-order valence-electron chi connectivity index (χ1n) is 5.25. The third-order valence-electron chi connectivity index (χ3n) is 2.67. The molecule has 1 heterocycles. The van der Waals surface area contributed by atoms with Gasteiger partial charge in [0.15, 0.2) is 0 Å². The van der Waals surface area contributed by atoms with Crippen molar-refractivity contribution in [2.75, 3.05) is 7.11 Å². The minimum atomic E-state index is -0.217. The summed E-state index contributed by atoms with van der Waals surface area (Å²) in [5, 5.41) is 0. The lowest BCUT2D eigenvalue weighted by atomic mass is 10.0. The molecule has 15 heavy (non-hydrogen) atoms. The molecule has 1 aliphatic heterocycles. The summed E-state index contributed by atoms with van der Waals surface area (Å²) in [6.45, 7) is 4.20. The summed E-state index contributed by atoms with van der Waals surface area (Å²) in [6, 6.07) is 6.19. The van der Waals surface area contributed by atoms with E-state index >= 15 is 0 Å². The summed E-state index contributed by atoms with van der Waals surface area (Å²) < 4.78 is 11.0. The van der Waals surface area contributed by atoms with E-state index in [0.717, 1.165) is 17.7 Å². The van der Waals surface area contributed by atoms with Gasteiger partial charge >= 0.3 is 0 Å². The molecular weight excluding hydrogens is 188 g/mol. The van der Waals surface area contributed by atoms with E-state index in [1.807, 2.05) is 6.07 Å². The van der Waals surface area contributed by atoms with Crippen LogP contribution in [0.2, 0.25) is 0 Å². The van der Waals surface area contributed by atoms with E-state index in [4.69, 9.17) is 9.47 Å². The summed E-state index contributed by atoms with van der Waals surface area (Å²) in [5.74, 6) is 0.907. The van der Waals surface area contributed by atoms with Crippen LogP contribution in [0.4, 0.5) is 0 Å². The second-order valence-corrected chi connectivity index (χ2v) is 3.80. The maximum absolute atomic E-state index is 5.75. The predicted octanol–water partition coefficient (Wildman–Crippen LogP) is 3.15. The quantitative estimate of drug-likeness (QED) is 0.736. The van der Waals surface area contributed by atoms with Gasteiger partial charge in [0.1, 0.15) is 5.75 Å². The Balaban J connectivity index is 2.42. The van der Waals surface area contributed by atoms with Crippen LogP contribution in [0.5, 0.6) is 5.75 Å². The normalized spacial score (nSPS) is 19.1. The van der Waals surface area contributed by atoms with Gasteiger partial charge in [-0.25, -0.2) is 0 Å². The SMILES string of the molecule is CCC1=Cc2cc(C)ccc2OC1OC. The van der Waals surface area contributed by atoms with Crippen molar-refractivity contribution < 1.29 is 9.47 Å². The monoisotopic (exact) mass is 204 g/mol. The molecule has 1 aromatic carbocycles. The Kier molecular flexibility index (Phi) is 2.78. The van der Waals surface area contributed by atoms with Crippen molar-refractivity contribution in [3.05, 3.63) is 34.9 Å². The molecule has 0 saturated carbocycles. The van der Waals surface area contributed by atoms with E-state index in [2.05, 4.69) is 32.1 Å². The van der Waals surface area contributed by atoms with Crippen LogP contribution in [0, 0.1) is 6.92 Å². The van der Waals surface area contributed by atoms with Crippen molar-refractivity contribution in [3.63, 3.8) is 0 Å². The third kappa shape index (κ3) is 1.90. The number of benzene rings is 1. The molecule has 1 aliphatic rings. The zero-order valence-corrected chi connectivity index (χ0v) is 9.41. The lowest BCUT2D eigenvalue weighted by molar-refractivity contribution is -0.0278. The van der Waals surface area contributed by atoms with Crippen molar-refractivity contribution in [2.24, 2.45) is 0 Å². The van der Waals surface area contributed by atoms with Crippen LogP contribution in [0.15, 0.2) is 23.8 Å². The molecule has 0 fully saturated rings. The molecule has 2 nitrogen and oxygen atoms in total. The Morgan fingerprint density at radius 1 is 1.40 bits per heavy atom. The van der Waals surface area contributed by atoms with Gasteiger partial charge in [-0.05, 0) is 37.1 Å². The Labute approximate surface area is 90.5 Å². The van der Waals surface area contributed by atoms with Crippen molar-refractivity contribution in [1.82, 2.24) is 0 Å². The largest absolute Gasteiger partial charge is 0.460 e. The average molecular weight is 204 g/mol. The van der Waals surface area contributed by atoms with Crippen molar-refractivity contribution in [1.29, 1.82) is 0 Å². The standard InChI is InChI=1S/C13H16O2/c1-4-10-8-11-7-9(2)5-6-12(11)15-13(10)14-3/h5-8,13H,4H2,1-3H3. The summed E-state index contributed by atoms with van der Waals surface area (Å²) >= 11 is 0. The fourth-order valence-electron chi connectivity index (χ4n) is 1.82. The van der Waals surface area contributed by atoms with Gasteiger partial charge in [0.2, 0.25) is 6.29 Å². The van der Waals surface area contributed by atoms with Gasteiger partial charge in [-0.15, -0.1) is 0 Å². The Morgan fingerprint density at radius 3 is 2.87 bits per heavy atom. The summed E-state index contributed by atoms with van der Waals surface area (Å²) in [6.07, 6.45) is 2.90. The molecule has 0 N–H and O–H groups in total. The van der Waals surface area contributed by atoms with Crippen molar-refractivity contribution in [3.8, 4) is 5.75 Å². The molecule has 2 heteroatoms. The second kappa shape index (κ2) is 4.07. The maximum atomic E-state index is 5.75. The molecule has 2 rings (SSSR count). The molecule has 80 valence electrons. The molecule has 0 aliphatic carbocycles. The zero-order chi connectivity index (χ0) is 10.8. The van der Waals surface area contributed by atoms with Gasteiger partial charge in [0.05, 0.1) is 0 Å². The highest BCUT2D eigenvalue weighted by atomic mass is 16.7.